The molecule has 0 fully saturated rings. The molecule has 0 aliphatic rings. The fraction of sp³-hybridized carbons (Fsp3) is 0.333. The summed E-state index contributed by atoms with van der Waals surface area (Å²) in [6.45, 7) is 4.71. The van der Waals surface area contributed by atoms with Gasteiger partial charge in [0.15, 0.2) is 0 Å². The molecule has 1 atom stereocenters. The Morgan fingerprint density at radius 3 is 2.23 bits per heavy atom. The smallest absolute Gasteiger partial charge is 0.242 e. The van der Waals surface area contributed by atoms with Gasteiger partial charge in [-0.05, 0) is 36.6 Å². The number of halogens is 1. The number of benzene rings is 2. The molecule has 0 aliphatic heterocycles. The Labute approximate surface area is 160 Å². The SMILES string of the molecule is CCNC(=O)C(CC)N(Cc1ccc(Cl)cc1)C(=O)Cc1ccccc1. The molecule has 0 aromatic heterocycles. The zero-order chi connectivity index (χ0) is 18.9. The molecule has 2 amide bonds. The predicted octanol–water partition coefficient (Wildman–Crippen LogP) is 3.83. The van der Waals surface area contributed by atoms with Crippen LogP contribution in [0.3, 0.4) is 0 Å². The van der Waals surface area contributed by atoms with Crippen molar-refractivity contribution < 1.29 is 9.59 Å². The first kappa shape index (κ1) is 20.0. The minimum atomic E-state index is -0.498. The first-order valence-corrected chi connectivity index (χ1v) is 9.28. The van der Waals surface area contributed by atoms with E-state index in [4.69, 9.17) is 11.6 Å². The molecule has 0 heterocycles. The second-order valence-electron chi connectivity index (χ2n) is 6.13. The monoisotopic (exact) mass is 372 g/mol. The van der Waals surface area contributed by atoms with E-state index in [-0.39, 0.29) is 18.2 Å². The van der Waals surface area contributed by atoms with Crippen LogP contribution in [0.2, 0.25) is 5.02 Å². The van der Waals surface area contributed by atoms with E-state index in [9.17, 15) is 9.59 Å². The van der Waals surface area contributed by atoms with E-state index in [1.165, 1.54) is 0 Å². The lowest BCUT2D eigenvalue weighted by molar-refractivity contribution is -0.140. The van der Waals surface area contributed by atoms with Crippen LogP contribution < -0.4 is 5.32 Å². The van der Waals surface area contributed by atoms with Gasteiger partial charge in [0.2, 0.25) is 11.8 Å². The zero-order valence-electron chi connectivity index (χ0n) is 15.2. The number of hydrogen-bond acceptors (Lipinski definition) is 2. The number of rotatable bonds is 8. The van der Waals surface area contributed by atoms with Crippen LogP contribution >= 0.6 is 11.6 Å². The van der Waals surface area contributed by atoms with Crippen molar-refractivity contribution in [3.8, 4) is 0 Å². The Morgan fingerprint density at radius 2 is 1.65 bits per heavy atom. The molecule has 4 nitrogen and oxygen atoms in total. The largest absolute Gasteiger partial charge is 0.355 e. The van der Waals surface area contributed by atoms with Gasteiger partial charge in [0.1, 0.15) is 6.04 Å². The van der Waals surface area contributed by atoms with Crippen LogP contribution in [0.25, 0.3) is 0 Å². The van der Waals surface area contributed by atoms with E-state index in [1.807, 2.05) is 56.3 Å². The summed E-state index contributed by atoms with van der Waals surface area (Å²) in [5.41, 5.74) is 1.88. The third-order valence-electron chi connectivity index (χ3n) is 4.20. The van der Waals surface area contributed by atoms with Gasteiger partial charge >= 0.3 is 0 Å². The summed E-state index contributed by atoms with van der Waals surface area (Å²) in [5.74, 6) is -0.186. The van der Waals surface area contributed by atoms with E-state index in [2.05, 4.69) is 5.32 Å². The maximum Gasteiger partial charge on any atom is 0.242 e. The average molecular weight is 373 g/mol. The minimum absolute atomic E-state index is 0.0655. The molecule has 138 valence electrons. The van der Waals surface area contributed by atoms with Crippen molar-refractivity contribution in [1.82, 2.24) is 10.2 Å². The van der Waals surface area contributed by atoms with Crippen LogP contribution in [0.1, 0.15) is 31.4 Å². The number of carbonyl (C=O) groups excluding carboxylic acids is 2. The highest BCUT2D eigenvalue weighted by molar-refractivity contribution is 6.30. The third kappa shape index (κ3) is 5.60. The number of carbonyl (C=O) groups is 2. The quantitative estimate of drug-likeness (QED) is 0.765. The standard InChI is InChI=1S/C21H25ClN2O2/c1-3-19(21(26)23-4-2)24(15-17-10-12-18(22)13-11-17)20(25)14-16-8-6-5-7-9-16/h5-13,19H,3-4,14-15H2,1-2H3,(H,23,26). The summed E-state index contributed by atoms with van der Waals surface area (Å²) >= 11 is 5.95. The minimum Gasteiger partial charge on any atom is -0.355 e. The molecule has 1 N–H and O–H groups in total. The molecule has 5 heteroatoms. The van der Waals surface area contributed by atoms with Gasteiger partial charge in [-0.25, -0.2) is 0 Å². The third-order valence-corrected chi connectivity index (χ3v) is 4.45. The van der Waals surface area contributed by atoms with Crippen molar-refractivity contribution in [3.63, 3.8) is 0 Å². The van der Waals surface area contributed by atoms with Crippen molar-refractivity contribution in [1.29, 1.82) is 0 Å². The van der Waals surface area contributed by atoms with Gasteiger partial charge in [0.25, 0.3) is 0 Å². The first-order valence-electron chi connectivity index (χ1n) is 8.90. The molecule has 0 saturated heterocycles. The van der Waals surface area contributed by atoms with E-state index in [1.54, 1.807) is 17.0 Å². The summed E-state index contributed by atoms with van der Waals surface area (Å²) in [5, 5.41) is 3.48. The molecule has 0 bridgehead atoms. The normalized spacial score (nSPS) is 11.7. The first-order chi connectivity index (χ1) is 12.5. The van der Waals surface area contributed by atoms with Crippen LogP contribution in [0, 0.1) is 0 Å². The Bertz CT molecular complexity index is 717. The van der Waals surface area contributed by atoms with Crippen molar-refractivity contribution in [2.24, 2.45) is 0 Å². The number of likely N-dealkylation sites (N-methyl/N-ethyl adjacent to an activating group) is 1. The van der Waals surface area contributed by atoms with E-state index < -0.39 is 6.04 Å². The Kier molecular flexibility index (Phi) is 7.67. The van der Waals surface area contributed by atoms with E-state index in [0.717, 1.165) is 11.1 Å². The fourth-order valence-electron chi connectivity index (χ4n) is 2.87. The van der Waals surface area contributed by atoms with Gasteiger partial charge < -0.3 is 10.2 Å². The molecule has 0 aliphatic carbocycles. The maximum absolute atomic E-state index is 13.0. The van der Waals surface area contributed by atoms with Crippen LogP contribution in [0.15, 0.2) is 54.6 Å². The Hall–Kier alpha value is -2.33. The van der Waals surface area contributed by atoms with E-state index in [0.29, 0.717) is 24.5 Å². The van der Waals surface area contributed by atoms with Crippen LogP contribution in [0.5, 0.6) is 0 Å². The topological polar surface area (TPSA) is 49.4 Å². The highest BCUT2D eigenvalue weighted by Crippen LogP contribution is 2.16. The highest BCUT2D eigenvalue weighted by Gasteiger charge is 2.28. The van der Waals surface area contributed by atoms with Crippen LogP contribution in [-0.2, 0) is 22.6 Å². The lowest BCUT2D eigenvalue weighted by Gasteiger charge is -2.30. The van der Waals surface area contributed by atoms with Crippen LogP contribution in [0.4, 0.5) is 0 Å². The van der Waals surface area contributed by atoms with Gasteiger partial charge in [-0.2, -0.15) is 0 Å². The molecule has 0 radical (unpaired) electrons. The number of amides is 2. The molecule has 0 saturated carbocycles. The van der Waals surface area contributed by atoms with Crippen molar-refractivity contribution >= 4 is 23.4 Å². The number of nitrogens with zero attached hydrogens (tertiary/aromatic N) is 1. The van der Waals surface area contributed by atoms with Crippen LogP contribution in [-0.4, -0.2) is 29.3 Å². The molecule has 2 rings (SSSR count). The summed E-state index contributed by atoms with van der Waals surface area (Å²) in [6, 6.07) is 16.4. The number of nitrogens with one attached hydrogen (secondary N) is 1. The van der Waals surface area contributed by atoms with Crippen molar-refractivity contribution in [2.75, 3.05) is 6.54 Å². The molecule has 2 aromatic carbocycles. The highest BCUT2D eigenvalue weighted by atomic mass is 35.5. The van der Waals surface area contributed by atoms with Crippen molar-refractivity contribution in [3.05, 3.63) is 70.7 Å². The molecule has 2 aromatic rings. The van der Waals surface area contributed by atoms with E-state index >= 15 is 0 Å². The Morgan fingerprint density at radius 1 is 1.00 bits per heavy atom. The summed E-state index contributed by atoms with van der Waals surface area (Å²) in [7, 11) is 0. The predicted molar refractivity (Wildman–Crippen MR) is 105 cm³/mol. The molecule has 1 unspecified atom stereocenters. The lowest BCUT2D eigenvalue weighted by Crippen LogP contribution is -2.49. The molecular weight excluding hydrogens is 348 g/mol. The fourth-order valence-corrected chi connectivity index (χ4v) is 3.00. The van der Waals surface area contributed by atoms with Crippen molar-refractivity contribution in [2.45, 2.75) is 39.3 Å². The lowest BCUT2D eigenvalue weighted by atomic mass is 10.1. The average Bonchev–Trinajstić information content (AvgIpc) is 2.64. The van der Waals surface area contributed by atoms with Gasteiger partial charge in [-0.3, -0.25) is 9.59 Å². The maximum atomic E-state index is 13.0. The summed E-state index contributed by atoms with van der Waals surface area (Å²) in [6.07, 6.45) is 0.824. The Balaban J connectivity index is 2.25. The van der Waals surface area contributed by atoms with Gasteiger partial charge in [-0.1, -0.05) is 61.0 Å². The number of hydrogen-bond donors (Lipinski definition) is 1. The molecular formula is C21H25ClN2O2. The molecule has 26 heavy (non-hydrogen) atoms. The van der Waals surface area contributed by atoms with Gasteiger partial charge in [-0.15, -0.1) is 0 Å². The summed E-state index contributed by atoms with van der Waals surface area (Å²) in [4.78, 5) is 27.2. The zero-order valence-corrected chi connectivity index (χ0v) is 16.0. The van der Waals surface area contributed by atoms with Gasteiger partial charge in [0.05, 0.1) is 6.42 Å². The second kappa shape index (κ2) is 9.97. The molecule has 0 spiro atoms. The van der Waals surface area contributed by atoms with Gasteiger partial charge in [0, 0.05) is 18.1 Å². The summed E-state index contributed by atoms with van der Waals surface area (Å²) < 4.78 is 0. The second-order valence-corrected chi connectivity index (χ2v) is 6.57.